The summed E-state index contributed by atoms with van der Waals surface area (Å²) in [5, 5.41) is 3.31. The SMILES string of the molecule is CNC1CC(C)(C)Cc2nc(N)ncc21. The van der Waals surface area contributed by atoms with E-state index in [4.69, 9.17) is 5.73 Å². The Hall–Kier alpha value is -1.16. The van der Waals surface area contributed by atoms with Gasteiger partial charge in [0.25, 0.3) is 0 Å². The Balaban J connectivity index is 2.44. The molecule has 0 aromatic carbocycles. The number of nitrogens with one attached hydrogen (secondary N) is 1. The lowest BCUT2D eigenvalue weighted by molar-refractivity contribution is 0.260. The molecule has 4 nitrogen and oxygen atoms in total. The molecule has 3 N–H and O–H groups in total. The third kappa shape index (κ3) is 1.95. The molecule has 0 radical (unpaired) electrons. The van der Waals surface area contributed by atoms with Crippen LogP contribution in [0.15, 0.2) is 6.20 Å². The second-order valence-electron chi connectivity index (χ2n) is 5.02. The number of hydrogen-bond donors (Lipinski definition) is 2. The Bertz CT molecular complexity index is 373. The number of rotatable bonds is 1. The maximum absolute atomic E-state index is 5.61. The van der Waals surface area contributed by atoms with Crippen molar-refractivity contribution >= 4 is 5.95 Å². The van der Waals surface area contributed by atoms with Crippen LogP contribution in [0.2, 0.25) is 0 Å². The zero-order valence-corrected chi connectivity index (χ0v) is 9.54. The van der Waals surface area contributed by atoms with Crippen molar-refractivity contribution in [2.24, 2.45) is 5.41 Å². The fourth-order valence-corrected chi connectivity index (χ4v) is 2.32. The van der Waals surface area contributed by atoms with Gasteiger partial charge in [-0.1, -0.05) is 13.8 Å². The summed E-state index contributed by atoms with van der Waals surface area (Å²) in [7, 11) is 1.98. The highest BCUT2D eigenvalue weighted by molar-refractivity contribution is 5.31. The summed E-state index contributed by atoms with van der Waals surface area (Å²) in [6.07, 6.45) is 3.95. The van der Waals surface area contributed by atoms with E-state index < -0.39 is 0 Å². The molecule has 1 aromatic rings. The lowest BCUT2D eigenvalue weighted by atomic mass is 9.74. The quantitative estimate of drug-likeness (QED) is 0.726. The summed E-state index contributed by atoms with van der Waals surface area (Å²) < 4.78 is 0. The average molecular weight is 206 g/mol. The number of hydrogen-bond acceptors (Lipinski definition) is 4. The number of nitrogens with zero attached hydrogens (tertiary/aromatic N) is 2. The molecule has 0 amide bonds. The molecule has 4 heteroatoms. The maximum atomic E-state index is 5.61. The van der Waals surface area contributed by atoms with Gasteiger partial charge < -0.3 is 11.1 Å². The smallest absolute Gasteiger partial charge is 0.220 e. The average Bonchev–Trinajstić information content (AvgIpc) is 2.14. The van der Waals surface area contributed by atoms with E-state index in [2.05, 4.69) is 29.1 Å². The van der Waals surface area contributed by atoms with Crippen LogP contribution in [0.5, 0.6) is 0 Å². The number of fused-ring (bicyclic) bond motifs is 1. The van der Waals surface area contributed by atoms with Crippen molar-refractivity contribution in [2.75, 3.05) is 12.8 Å². The van der Waals surface area contributed by atoms with Crippen molar-refractivity contribution in [3.05, 3.63) is 17.5 Å². The fraction of sp³-hybridized carbons (Fsp3) is 0.636. The third-order valence-corrected chi connectivity index (χ3v) is 3.05. The summed E-state index contributed by atoms with van der Waals surface area (Å²) in [6, 6.07) is 0.351. The van der Waals surface area contributed by atoms with E-state index in [1.165, 1.54) is 5.56 Å². The standard InChI is InChI=1S/C11H18N4/c1-11(2)4-8(13-3)7-6-14-10(12)15-9(7)5-11/h6,8,13H,4-5H2,1-3H3,(H2,12,14,15). The zero-order valence-electron chi connectivity index (χ0n) is 9.54. The number of aromatic nitrogens is 2. The van der Waals surface area contributed by atoms with Gasteiger partial charge in [-0.2, -0.15) is 0 Å². The minimum Gasteiger partial charge on any atom is -0.368 e. The first kappa shape index (κ1) is 10.4. The van der Waals surface area contributed by atoms with E-state index in [1.807, 2.05) is 13.2 Å². The van der Waals surface area contributed by atoms with Crippen LogP contribution >= 0.6 is 0 Å². The normalized spacial score (nSPS) is 23.5. The molecular formula is C11H18N4. The molecule has 1 aromatic heterocycles. The predicted octanol–water partition coefficient (Wildman–Crippen LogP) is 1.29. The van der Waals surface area contributed by atoms with Crippen LogP contribution < -0.4 is 11.1 Å². The summed E-state index contributed by atoms with van der Waals surface area (Å²) in [6.45, 7) is 4.52. The lowest BCUT2D eigenvalue weighted by Gasteiger charge is -2.35. The summed E-state index contributed by atoms with van der Waals surface area (Å²) in [5.41, 5.74) is 8.19. The van der Waals surface area contributed by atoms with Crippen LogP contribution in [-0.2, 0) is 6.42 Å². The van der Waals surface area contributed by atoms with E-state index in [0.29, 0.717) is 12.0 Å². The Morgan fingerprint density at radius 3 is 2.93 bits per heavy atom. The van der Waals surface area contributed by atoms with Gasteiger partial charge in [0.15, 0.2) is 0 Å². The van der Waals surface area contributed by atoms with Crippen LogP contribution in [0.1, 0.15) is 37.6 Å². The topological polar surface area (TPSA) is 63.8 Å². The summed E-state index contributed by atoms with van der Waals surface area (Å²) in [5.74, 6) is 0.376. The van der Waals surface area contributed by atoms with E-state index in [-0.39, 0.29) is 5.41 Å². The molecule has 0 spiro atoms. The molecule has 1 unspecified atom stereocenters. The number of nitrogens with two attached hydrogens (primary N) is 1. The van der Waals surface area contributed by atoms with Crippen molar-refractivity contribution in [1.82, 2.24) is 15.3 Å². The van der Waals surface area contributed by atoms with E-state index in [0.717, 1.165) is 18.5 Å². The number of anilines is 1. The van der Waals surface area contributed by atoms with Crippen molar-refractivity contribution < 1.29 is 0 Å². The molecular weight excluding hydrogens is 188 g/mol. The minimum atomic E-state index is 0.279. The van der Waals surface area contributed by atoms with Gasteiger partial charge in [0.2, 0.25) is 5.95 Å². The second-order valence-corrected chi connectivity index (χ2v) is 5.02. The minimum absolute atomic E-state index is 0.279. The van der Waals surface area contributed by atoms with Gasteiger partial charge >= 0.3 is 0 Å². The van der Waals surface area contributed by atoms with Gasteiger partial charge in [0.05, 0.1) is 5.69 Å². The zero-order chi connectivity index (χ0) is 11.1. The van der Waals surface area contributed by atoms with Crippen molar-refractivity contribution in [2.45, 2.75) is 32.7 Å². The molecule has 1 aliphatic rings. The molecule has 1 heterocycles. The van der Waals surface area contributed by atoms with Gasteiger partial charge in [-0.3, -0.25) is 0 Å². The van der Waals surface area contributed by atoms with E-state index in [9.17, 15) is 0 Å². The molecule has 1 aliphatic carbocycles. The highest BCUT2D eigenvalue weighted by Crippen LogP contribution is 2.39. The fourth-order valence-electron chi connectivity index (χ4n) is 2.32. The Labute approximate surface area is 90.3 Å². The summed E-state index contributed by atoms with van der Waals surface area (Å²) >= 11 is 0. The Morgan fingerprint density at radius 2 is 2.27 bits per heavy atom. The molecule has 2 rings (SSSR count). The Morgan fingerprint density at radius 1 is 1.53 bits per heavy atom. The summed E-state index contributed by atoms with van der Waals surface area (Å²) in [4.78, 5) is 8.40. The van der Waals surface area contributed by atoms with Crippen molar-refractivity contribution in [3.63, 3.8) is 0 Å². The maximum Gasteiger partial charge on any atom is 0.220 e. The van der Waals surface area contributed by atoms with Gasteiger partial charge in [0, 0.05) is 17.8 Å². The van der Waals surface area contributed by atoms with Gasteiger partial charge in [-0.25, -0.2) is 9.97 Å². The predicted molar refractivity (Wildman–Crippen MR) is 60.3 cm³/mol. The van der Waals surface area contributed by atoms with E-state index in [1.54, 1.807) is 0 Å². The van der Waals surface area contributed by atoms with E-state index >= 15 is 0 Å². The van der Waals surface area contributed by atoms with Crippen LogP contribution in [0.3, 0.4) is 0 Å². The van der Waals surface area contributed by atoms with Gasteiger partial charge in [-0.05, 0) is 25.3 Å². The highest BCUT2D eigenvalue weighted by atomic mass is 15.0. The Kier molecular flexibility index (Phi) is 2.38. The molecule has 0 aliphatic heterocycles. The second kappa shape index (κ2) is 3.45. The van der Waals surface area contributed by atoms with Crippen LogP contribution in [0, 0.1) is 5.41 Å². The molecule has 0 saturated carbocycles. The highest BCUT2D eigenvalue weighted by Gasteiger charge is 2.32. The van der Waals surface area contributed by atoms with Crippen LogP contribution in [-0.4, -0.2) is 17.0 Å². The third-order valence-electron chi connectivity index (χ3n) is 3.05. The molecule has 1 atom stereocenters. The molecule has 15 heavy (non-hydrogen) atoms. The van der Waals surface area contributed by atoms with Gasteiger partial charge in [0.1, 0.15) is 0 Å². The largest absolute Gasteiger partial charge is 0.368 e. The van der Waals surface area contributed by atoms with Crippen LogP contribution in [0.4, 0.5) is 5.95 Å². The molecule has 82 valence electrons. The van der Waals surface area contributed by atoms with Crippen molar-refractivity contribution in [1.29, 1.82) is 0 Å². The molecule has 0 bridgehead atoms. The first-order valence-electron chi connectivity index (χ1n) is 5.30. The molecule has 0 fully saturated rings. The lowest BCUT2D eigenvalue weighted by Crippen LogP contribution is -2.32. The first-order valence-corrected chi connectivity index (χ1v) is 5.30. The first-order chi connectivity index (χ1) is 7.02. The van der Waals surface area contributed by atoms with Crippen molar-refractivity contribution in [3.8, 4) is 0 Å². The monoisotopic (exact) mass is 206 g/mol. The van der Waals surface area contributed by atoms with Gasteiger partial charge in [-0.15, -0.1) is 0 Å². The van der Waals surface area contributed by atoms with Crippen LogP contribution in [0.25, 0.3) is 0 Å². The number of nitrogen functional groups attached to an aromatic ring is 1. The molecule has 0 saturated heterocycles.